The molecule has 4 nitrogen and oxygen atoms in total. The van der Waals surface area contributed by atoms with E-state index < -0.39 is 9.05 Å². The molecule has 0 N–H and O–H groups in total. The Morgan fingerprint density at radius 3 is 2.93 bits per heavy atom. The SMILES string of the molecule is C[C@H]1CCCc2nc(S(=O)(=O)Cl)cn21. The van der Waals surface area contributed by atoms with Gasteiger partial charge >= 0.3 is 0 Å². The van der Waals surface area contributed by atoms with E-state index in [1.54, 1.807) is 0 Å². The second-order valence-corrected chi connectivity index (χ2v) is 6.09. The fourth-order valence-corrected chi connectivity index (χ4v) is 2.46. The first-order chi connectivity index (χ1) is 6.48. The van der Waals surface area contributed by atoms with E-state index in [1.807, 2.05) is 4.57 Å². The zero-order chi connectivity index (χ0) is 10.3. The maximum atomic E-state index is 11.0. The zero-order valence-corrected chi connectivity index (χ0v) is 9.35. The number of hydrogen-bond donors (Lipinski definition) is 0. The van der Waals surface area contributed by atoms with Crippen LogP contribution in [0.4, 0.5) is 0 Å². The van der Waals surface area contributed by atoms with Crippen LogP contribution in [0, 0.1) is 0 Å². The summed E-state index contributed by atoms with van der Waals surface area (Å²) in [6.45, 7) is 2.05. The fourth-order valence-electron chi connectivity index (χ4n) is 1.79. The van der Waals surface area contributed by atoms with E-state index in [2.05, 4.69) is 11.9 Å². The van der Waals surface area contributed by atoms with Crippen molar-refractivity contribution in [1.82, 2.24) is 9.55 Å². The number of aryl methyl sites for hydroxylation is 1. The topological polar surface area (TPSA) is 52.0 Å². The predicted octanol–water partition coefficient (Wildman–Crippen LogP) is 1.71. The average Bonchev–Trinajstić information content (AvgIpc) is 2.48. The number of hydrogen-bond acceptors (Lipinski definition) is 3. The van der Waals surface area contributed by atoms with Gasteiger partial charge in [-0.25, -0.2) is 13.4 Å². The van der Waals surface area contributed by atoms with Crippen molar-refractivity contribution in [2.45, 2.75) is 37.3 Å². The molecule has 0 fully saturated rings. The Bertz CT molecular complexity index is 452. The molecule has 0 amide bonds. The fraction of sp³-hybridized carbons (Fsp3) is 0.625. The molecule has 1 aliphatic heterocycles. The van der Waals surface area contributed by atoms with Crippen LogP contribution < -0.4 is 0 Å². The summed E-state index contributed by atoms with van der Waals surface area (Å²) in [4.78, 5) is 4.02. The minimum atomic E-state index is -3.68. The Hall–Kier alpha value is -0.550. The number of imidazole rings is 1. The van der Waals surface area contributed by atoms with Gasteiger partial charge in [0.25, 0.3) is 9.05 Å². The minimum Gasteiger partial charge on any atom is -0.331 e. The lowest BCUT2D eigenvalue weighted by atomic mass is 10.1. The Labute approximate surface area is 87.3 Å². The van der Waals surface area contributed by atoms with Crippen molar-refractivity contribution in [1.29, 1.82) is 0 Å². The van der Waals surface area contributed by atoms with Gasteiger partial charge in [-0.1, -0.05) is 0 Å². The molecule has 0 saturated heterocycles. The van der Waals surface area contributed by atoms with Crippen molar-refractivity contribution in [2.24, 2.45) is 0 Å². The monoisotopic (exact) mass is 234 g/mol. The van der Waals surface area contributed by atoms with Crippen LogP contribution in [0.15, 0.2) is 11.2 Å². The van der Waals surface area contributed by atoms with E-state index in [9.17, 15) is 8.42 Å². The average molecular weight is 235 g/mol. The summed E-state index contributed by atoms with van der Waals surface area (Å²) in [5, 5.41) is -0.0251. The quantitative estimate of drug-likeness (QED) is 0.695. The molecular weight excluding hydrogens is 224 g/mol. The number of fused-ring (bicyclic) bond motifs is 1. The second-order valence-electron chi connectivity index (χ2n) is 3.58. The molecule has 1 aromatic heterocycles. The highest BCUT2D eigenvalue weighted by molar-refractivity contribution is 8.13. The highest BCUT2D eigenvalue weighted by atomic mass is 35.7. The maximum absolute atomic E-state index is 11.0. The van der Waals surface area contributed by atoms with Crippen molar-refractivity contribution in [3.63, 3.8) is 0 Å². The van der Waals surface area contributed by atoms with E-state index in [4.69, 9.17) is 10.7 Å². The summed E-state index contributed by atoms with van der Waals surface area (Å²) in [7, 11) is 1.54. The molecule has 0 radical (unpaired) electrons. The summed E-state index contributed by atoms with van der Waals surface area (Å²) in [6.07, 6.45) is 4.48. The Morgan fingerprint density at radius 1 is 1.64 bits per heavy atom. The van der Waals surface area contributed by atoms with Crippen LogP contribution in [0.25, 0.3) is 0 Å². The third-order valence-electron chi connectivity index (χ3n) is 2.53. The van der Waals surface area contributed by atoms with Gasteiger partial charge in [-0.15, -0.1) is 0 Å². The largest absolute Gasteiger partial charge is 0.331 e. The van der Waals surface area contributed by atoms with Gasteiger partial charge in [-0.3, -0.25) is 0 Å². The highest BCUT2D eigenvalue weighted by Crippen LogP contribution is 2.26. The maximum Gasteiger partial charge on any atom is 0.280 e. The van der Waals surface area contributed by atoms with Gasteiger partial charge in [0, 0.05) is 29.3 Å². The molecule has 1 aliphatic rings. The van der Waals surface area contributed by atoms with Gasteiger partial charge in [0.2, 0.25) is 0 Å². The number of rotatable bonds is 1. The van der Waals surface area contributed by atoms with Crippen molar-refractivity contribution < 1.29 is 8.42 Å². The van der Waals surface area contributed by atoms with Gasteiger partial charge in [0.05, 0.1) is 0 Å². The standard InChI is InChI=1S/C8H11ClN2O2S/c1-6-3-2-4-7-10-8(5-11(6)7)14(9,12)13/h5-6H,2-4H2,1H3/t6-/m0/s1. The van der Waals surface area contributed by atoms with Crippen LogP contribution in [0.1, 0.15) is 31.6 Å². The highest BCUT2D eigenvalue weighted by Gasteiger charge is 2.22. The Balaban J connectivity index is 2.50. The third-order valence-corrected chi connectivity index (χ3v) is 3.70. The van der Waals surface area contributed by atoms with Gasteiger partial charge < -0.3 is 4.57 Å². The van der Waals surface area contributed by atoms with Gasteiger partial charge in [0.1, 0.15) is 5.82 Å². The first-order valence-corrected chi connectivity index (χ1v) is 6.82. The lowest BCUT2D eigenvalue weighted by molar-refractivity contribution is 0.425. The summed E-state index contributed by atoms with van der Waals surface area (Å²) < 4.78 is 24.0. The lowest BCUT2D eigenvalue weighted by Crippen LogP contribution is -2.14. The molecule has 0 aliphatic carbocycles. The lowest BCUT2D eigenvalue weighted by Gasteiger charge is -2.20. The minimum absolute atomic E-state index is 0.0251. The van der Waals surface area contributed by atoms with Crippen molar-refractivity contribution >= 4 is 19.7 Å². The van der Waals surface area contributed by atoms with Crippen LogP contribution in [-0.4, -0.2) is 18.0 Å². The first kappa shape index (κ1) is 9.98. The van der Waals surface area contributed by atoms with Crippen molar-refractivity contribution in [3.05, 3.63) is 12.0 Å². The summed E-state index contributed by atoms with van der Waals surface area (Å²) in [5.74, 6) is 0.822. The molecule has 78 valence electrons. The molecule has 1 aromatic rings. The second kappa shape index (κ2) is 3.24. The Kier molecular flexibility index (Phi) is 2.31. The van der Waals surface area contributed by atoms with E-state index in [0.717, 1.165) is 25.1 Å². The normalized spacial score (nSPS) is 22.0. The molecule has 0 bridgehead atoms. The van der Waals surface area contributed by atoms with Crippen LogP contribution in [-0.2, 0) is 15.5 Å². The predicted molar refractivity (Wildman–Crippen MR) is 52.9 cm³/mol. The molecule has 2 heterocycles. The molecule has 0 unspecified atom stereocenters. The van der Waals surface area contributed by atoms with Crippen LogP contribution in [0.3, 0.4) is 0 Å². The van der Waals surface area contributed by atoms with E-state index in [1.165, 1.54) is 6.20 Å². The van der Waals surface area contributed by atoms with E-state index >= 15 is 0 Å². The van der Waals surface area contributed by atoms with E-state index in [-0.39, 0.29) is 5.03 Å². The van der Waals surface area contributed by atoms with Crippen LogP contribution in [0.2, 0.25) is 0 Å². The molecule has 0 spiro atoms. The summed E-state index contributed by atoms with van der Waals surface area (Å²) >= 11 is 0. The van der Waals surface area contributed by atoms with E-state index in [0.29, 0.717) is 6.04 Å². The van der Waals surface area contributed by atoms with Crippen molar-refractivity contribution in [3.8, 4) is 0 Å². The number of nitrogens with zero attached hydrogens (tertiary/aromatic N) is 2. The Morgan fingerprint density at radius 2 is 2.36 bits per heavy atom. The van der Waals surface area contributed by atoms with Crippen molar-refractivity contribution in [2.75, 3.05) is 0 Å². The van der Waals surface area contributed by atoms with Gasteiger partial charge in [0.15, 0.2) is 5.03 Å². The summed E-state index contributed by atoms with van der Waals surface area (Å²) in [6, 6.07) is 0.318. The summed E-state index contributed by atoms with van der Waals surface area (Å²) in [5.41, 5.74) is 0. The number of halogens is 1. The number of aromatic nitrogens is 2. The third kappa shape index (κ3) is 1.66. The van der Waals surface area contributed by atoms with Gasteiger partial charge in [-0.2, -0.15) is 0 Å². The van der Waals surface area contributed by atoms with Crippen LogP contribution in [0.5, 0.6) is 0 Å². The molecular formula is C8H11ClN2O2S. The molecule has 2 rings (SSSR count). The smallest absolute Gasteiger partial charge is 0.280 e. The van der Waals surface area contributed by atoms with Crippen LogP contribution >= 0.6 is 10.7 Å². The molecule has 0 aromatic carbocycles. The molecule has 1 atom stereocenters. The molecule has 14 heavy (non-hydrogen) atoms. The molecule has 6 heteroatoms. The zero-order valence-electron chi connectivity index (χ0n) is 7.77. The molecule has 0 saturated carbocycles. The first-order valence-electron chi connectivity index (χ1n) is 4.51. The van der Waals surface area contributed by atoms with Gasteiger partial charge in [-0.05, 0) is 19.8 Å².